The number of rotatable bonds is 6. The van der Waals surface area contributed by atoms with E-state index in [1.165, 1.54) is 39.9 Å². The van der Waals surface area contributed by atoms with Gasteiger partial charge >= 0.3 is 5.97 Å². The lowest BCUT2D eigenvalue weighted by molar-refractivity contribution is 0.0459. The molecule has 2 aromatic carbocycles. The van der Waals surface area contributed by atoms with Gasteiger partial charge in [-0.2, -0.15) is 16.3 Å². The third kappa shape index (κ3) is 4.03. The third-order valence-electron chi connectivity index (χ3n) is 5.34. The second kappa shape index (κ2) is 8.45. The summed E-state index contributed by atoms with van der Waals surface area (Å²) in [5, 5.41) is 7.58. The lowest BCUT2D eigenvalue weighted by Gasteiger charge is -2.24. The number of aromatic nitrogens is 2. The molecule has 0 N–H and O–H groups in total. The maximum atomic E-state index is 13.4. The smallest absolute Gasteiger partial charge is 0.338 e. The Morgan fingerprint density at radius 1 is 1.21 bits per heavy atom. The summed E-state index contributed by atoms with van der Waals surface area (Å²) in [6.07, 6.45) is 0.634. The molecule has 168 valence electrons. The van der Waals surface area contributed by atoms with Gasteiger partial charge in [-0.3, -0.25) is 4.31 Å². The van der Waals surface area contributed by atoms with Crippen molar-refractivity contribution in [1.82, 2.24) is 10.1 Å². The van der Waals surface area contributed by atoms with E-state index in [0.717, 1.165) is 11.1 Å². The Morgan fingerprint density at radius 3 is 2.88 bits per heavy atom. The van der Waals surface area contributed by atoms with Gasteiger partial charge in [-0.05, 0) is 54.6 Å². The van der Waals surface area contributed by atoms with Gasteiger partial charge in [0.1, 0.15) is 0 Å². The Morgan fingerprint density at radius 2 is 2.06 bits per heavy atom. The minimum atomic E-state index is -3.86. The molecule has 33 heavy (non-hydrogen) atoms. The Hall–Kier alpha value is -3.50. The SMILES string of the molecule is CC1Cc2ccccc2N1S(=O)(=O)c1cccc(C(=O)OCc2noc(-c3ccsc3)n2)c1. The summed E-state index contributed by atoms with van der Waals surface area (Å²) in [5.74, 6) is -0.116. The number of ether oxygens (including phenoxy) is 1. The number of hydrogen-bond acceptors (Lipinski definition) is 8. The van der Waals surface area contributed by atoms with Crippen molar-refractivity contribution in [2.45, 2.75) is 30.9 Å². The first-order chi connectivity index (χ1) is 15.9. The zero-order valence-corrected chi connectivity index (χ0v) is 19.2. The number of esters is 1. The molecule has 10 heteroatoms. The predicted octanol–water partition coefficient (Wildman–Crippen LogP) is 4.30. The zero-order chi connectivity index (χ0) is 23.0. The number of anilines is 1. The first kappa shape index (κ1) is 21.4. The predicted molar refractivity (Wildman–Crippen MR) is 122 cm³/mol. The molecule has 0 amide bonds. The summed E-state index contributed by atoms with van der Waals surface area (Å²) in [4.78, 5) is 16.8. The topological polar surface area (TPSA) is 103 Å². The Balaban J connectivity index is 1.33. The normalized spacial score (nSPS) is 15.4. The molecule has 4 aromatic rings. The van der Waals surface area contributed by atoms with Gasteiger partial charge in [0.25, 0.3) is 15.9 Å². The zero-order valence-electron chi connectivity index (χ0n) is 17.5. The van der Waals surface area contributed by atoms with Crippen LogP contribution < -0.4 is 4.31 Å². The van der Waals surface area contributed by atoms with E-state index >= 15 is 0 Å². The molecule has 8 nitrogen and oxygen atoms in total. The van der Waals surface area contributed by atoms with Gasteiger partial charge < -0.3 is 9.26 Å². The van der Waals surface area contributed by atoms with E-state index < -0.39 is 16.0 Å². The number of benzene rings is 2. The molecular formula is C23H19N3O5S2. The fraction of sp³-hybridized carbons (Fsp3) is 0.174. The number of para-hydroxylation sites is 1. The van der Waals surface area contributed by atoms with Crippen LogP contribution in [0.3, 0.4) is 0 Å². The van der Waals surface area contributed by atoms with Crippen LogP contribution in [0.4, 0.5) is 5.69 Å². The van der Waals surface area contributed by atoms with Gasteiger partial charge in [0.2, 0.25) is 5.82 Å². The van der Waals surface area contributed by atoms with Gasteiger partial charge in [0.15, 0.2) is 6.61 Å². The lowest BCUT2D eigenvalue weighted by atomic mass is 10.1. The van der Waals surface area contributed by atoms with Crippen LogP contribution in [0.15, 0.2) is 74.8 Å². The van der Waals surface area contributed by atoms with Crippen LogP contribution in [-0.2, 0) is 27.8 Å². The molecule has 0 radical (unpaired) electrons. The molecule has 1 aliphatic rings. The molecule has 2 aromatic heterocycles. The van der Waals surface area contributed by atoms with Crippen molar-refractivity contribution in [1.29, 1.82) is 0 Å². The van der Waals surface area contributed by atoms with Crippen molar-refractivity contribution >= 4 is 33.0 Å². The van der Waals surface area contributed by atoms with E-state index in [1.54, 1.807) is 6.07 Å². The number of fused-ring (bicyclic) bond motifs is 1. The molecule has 0 spiro atoms. The van der Waals surface area contributed by atoms with E-state index in [0.29, 0.717) is 18.0 Å². The van der Waals surface area contributed by atoms with Crippen molar-refractivity contribution in [3.63, 3.8) is 0 Å². The van der Waals surface area contributed by atoms with E-state index in [2.05, 4.69) is 10.1 Å². The summed E-state index contributed by atoms with van der Waals surface area (Å²) >= 11 is 1.50. The Kier molecular flexibility index (Phi) is 5.47. The molecule has 0 fully saturated rings. The monoisotopic (exact) mass is 481 g/mol. The maximum absolute atomic E-state index is 13.4. The number of hydrogen-bond donors (Lipinski definition) is 0. The largest absolute Gasteiger partial charge is 0.454 e. The minimum absolute atomic E-state index is 0.0276. The van der Waals surface area contributed by atoms with Crippen LogP contribution in [0.2, 0.25) is 0 Å². The van der Waals surface area contributed by atoms with Crippen molar-refractivity contribution in [3.8, 4) is 11.5 Å². The number of carbonyl (C=O) groups is 1. The fourth-order valence-electron chi connectivity index (χ4n) is 3.83. The van der Waals surface area contributed by atoms with Gasteiger partial charge in [0, 0.05) is 11.4 Å². The van der Waals surface area contributed by atoms with Crippen LogP contribution in [0, 0.1) is 0 Å². The summed E-state index contributed by atoms with van der Waals surface area (Å²) in [6, 6.07) is 14.9. The van der Waals surface area contributed by atoms with E-state index in [4.69, 9.17) is 9.26 Å². The number of carbonyl (C=O) groups excluding carboxylic acids is 1. The molecule has 5 rings (SSSR count). The second-order valence-electron chi connectivity index (χ2n) is 7.61. The van der Waals surface area contributed by atoms with Crippen molar-refractivity contribution in [2.24, 2.45) is 0 Å². The molecule has 1 unspecified atom stereocenters. The fourth-order valence-corrected chi connectivity index (χ4v) is 6.20. The molecule has 1 aliphatic heterocycles. The van der Waals surface area contributed by atoms with E-state index in [9.17, 15) is 13.2 Å². The maximum Gasteiger partial charge on any atom is 0.338 e. The Labute approximate surface area is 194 Å². The third-order valence-corrected chi connectivity index (χ3v) is 7.95. The first-order valence-corrected chi connectivity index (χ1v) is 12.6. The molecule has 0 saturated heterocycles. The summed E-state index contributed by atoms with van der Waals surface area (Å²) in [5.41, 5.74) is 2.56. The molecule has 0 aliphatic carbocycles. The van der Waals surface area contributed by atoms with Gasteiger partial charge in [0.05, 0.1) is 21.7 Å². The second-order valence-corrected chi connectivity index (χ2v) is 10.2. The van der Waals surface area contributed by atoms with Crippen LogP contribution in [0.25, 0.3) is 11.5 Å². The number of nitrogens with zero attached hydrogens (tertiary/aromatic N) is 3. The van der Waals surface area contributed by atoms with Crippen LogP contribution in [-0.4, -0.2) is 30.6 Å². The van der Waals surface area contributed by atoms with Crippen molar-refractivity contribution < 1.29 is 22.5 Å². The molecular weight excluding hydrogens is 462 g/mol. The van der Waals surface area contributed by atoms with E-state index in [1.807, 2.05) is 41.9 Å². The van der Waals surface area contributed by atoms with Gasteiger partial charge in [-0.15, -0.1) is 0 Å². The summed E-state index contributed by atoms with van der Waals surface area (Å²) < 4.78 is 38.7. The van der Waals surface area contributed by atoms with Crippen LogP contribution >= 0.6 is 11.3 Å². The highest BCUT2D eigenvalue weighted by Gasteiger charge is 2.36. The van der Waals surface area contributed by atoms with Crippen molar-refractivity contribution in [3.05, 3.63) is 82.3 Å². The number of thiophene rings is 1. The average Bonchev–Trinajstić information content (AvgIpc) is 3.56. The average molecular weight is 482 g/mol. The molecule has 1 atom stereocenters. The minimum Gasteiger partial charge on any atom is -0.454 e. The standard InChI is InChI=1S/C23H19N3O5S2/c1-15-11-16-5-2-3-8-20(16)26(15)33(28,29)19-7-4-6-17(12-19)23(27)30-13-21-24-22(31-25-21)18-9-10-32-14-18/h2-10,12,14-15H,11,13H2,1H3. The molecule has 0 saturated carbocycles. The first-order valence-electron chi connectivity index (χ1n) is 10.2. The van der Waals surface area contributed by atoms with Gasteiger partial charge in [-0.1, -0.05) is 29.4 Å². The number of sulfonamides is 1. The lowest BCUT2D eigenvalue weighted by Crippen LogP contribution is -2.35. The summed E-state index contributed by atoms with van der Waals surface area (Å²) in [6.45, 7) is 1.67. The van der Waals surface area contributed by atoms with E-state index in [-0.39, 0.29) is 28.9 Å². The highest BCUT2D eigenvalue weighted by molar-refractivity contribution is 7.92. The van der Waals surface area contributed by atoms with Crippen LogP contribution in [0.1, 0.15) is 28.7 Å². The van der Waals surface area contributed by atoms with Gasteiger partial charge in [-0.25, -0.2) is 13.2 Å². The quantitative estimate of drug-likeness (QED) is 0.378. The molecule has 0 bridgehead atoms. The highest BCUT2D eigenvalue weighted by atomic mass is 32.2. The summed E-state index contributed by atoms with van der Waals surface area (Å²) in [7, 11) is -3.86. The molecule has 3 heterocycles. The Bertz CT molecular complexity index is 1410. The highest BCUT2D eigenvalue weighted by Crippen LogP contribution is 2.36. The van der Waals surface area contributed by atoms with Crippen molar-refractivity contribution in [2.75, 3.05) is 4.31 Å². The van der Waals surface area contributed by atoms with Crippen LogP contribution in [0.5, 0.6) is 0 Å².